The highest BCUT2D eigenvalue weighted by atomic mass is 15.0. The van der Waals surface area contributed by atoms with Gasteiger partial charge in [0.25, 0.3) is 0 Å². The van der Waals surface area contributed by atoms with Crippen LogP contribution < -0.4 is 5.32 Å². The van der Waals surface area contributed by atoms with Crippen LogP contribution in [0, 0.1) is 0 Å². The average Bonchev–Trinajstić information content (AvgIpc) is 2.14. The van der Waals surface area contributed by atoms with E-state index in [2.05, 4.69) is 29.4 Å². The third kappa shape index (κ3) is 3.56. The van der Waals surface area contributed by atoms with Crippen LogP contribution in [0.1, 0.15) is 32.6 Å². The molecule has 12 heavy (non-hydrogen) atoms. The molecule has 0 aromatic carbocycles. The summed E-state index contributed by atoms with van der Waals surface area (Å²) in [4.78, 5) is 4.40. The first kappa shape index (κ1) is 9.30. The molecular weight excluding hydrogens is 148 g/mol. The fourth-order valence-electron chi connectivity index (χ4n) is 1.27. The van der Waals surface area contributed by atoms with E-state index in [4.69, 9.17) is 0 Å². The van der Waals surface area contributed by atoms with E-state index in [9.17, 15) is 0 Å². The molecule has 68 valence electrons. The molecular formula is C10H18N2. The summed E-state index contributed by atoms with van der Waals surface area (Å²) in [6.45, 7) is 4.10. The van der Waals surface area contributed by atoms with Gasteiger partial charge in [0.2, 0.25) is 0 Å². The van der Waals surface area contributed by atoms with Crippen molar-refractivity contribution in [1.29, 1.82) is 0 Å². The Morgan fingerprint density at radius 1 is 1.42 bits per heavy atom. The molecule has 1 aliphatic heterocycles. The third-order valence-electron chi connectivity index (χ3n) is 1.95. The molecule has 1 heterocycles. The molecule has 0 aromatic heterocycles. The highest BCUT2D eigenvalue weighted by molar-refractivity contribution is 5.82. The van der Waals surface area contributed by atoms with Gasteiger partial charge in [-0.2, -0.15) is 0 Å². The number of allylic oxidation sites excluding steroid dienone is 1. The largest absolute Gasteiger partial charge is 0.370 e. The lowest BCUT2D eigenvalue weighted by atomic mass is 10.2. The lowest BCUT2D eigenvalue weighted by molar-refractivity contribution is 0.715. The first-order valence-electron chi connectivity index (χ1n) is 4.85. The van der Waals surface area contributed by atoms with Gasteiger partial charge in [-0.15, -0.1) is 0 Å². The molecule has 0 saturated heterocycles. The predicted molar refractivity (Wildman–Crippen MR) is 53.6 cm³/mol. The minimum Gasteiger partial charge on any atom is -0.370 e. The summed E-state index contributed by atoms with van der Waals surface area (Å²) >= 11 is 0. The molecule has 0 radical (unpaired) electrons. The van der Waals surface area contributed by atoms with Crippen molar-refractivity contribution in [2.24, 2.45) is 4.99 Å². The van der Waals surface area contributed by atoms with Gasteiger partial charge in [-0.25, -0.2) is 0 Å². The fraction of sp³-hybridized carbons (Fsp3) is 0.700. The van der Waals surface area contributed by atoms with Crippen LogP contribution in [0.3, 0.4) is 0 Å². The molecule has 0 unspecified atom stereocenters. The standard InChI is InChI=1S/C10H18N2/c1-2-3-5-8-11-10-7-4-6-9-12-10/h3,5H,2,4,6-9H2,1H3,(H,11,12)/b5-3+. The zero-order valence-electron chi connectivity index (χ0n) is 7.84. The summed E-state index contributed by atoms with van der Waals surface area (Å²) in [6, 6.07) is 0. The summed E-state index contributed by atoms with van der Waals surface area (Å²) in [5.74, 6) is 1.20. The topological polar surface area (TPSA) is 24.4 Å². The number of aliphatic imine (C=N–C) groups is 1. The van der Waals surface area contributed by atoms with Gasteiger partial charge in [0.05, 0.1) is 5.84 Å². The van der Waals surface area contributed by atoms with Gasteiger partial charge in [0.1, 0.15) is 0 Å². The maximum Gasteiger partial charge on any atom is 0.0965 e. The Balaban J connectivity index is 2.13. The molecule has 0 atom stereocenters. The summed E-state index contributed by atoms with van der Waals surface area (Å²) in [7, 11) is 0. The summed E-state index contributed by atoms with van der Waals surface area (Å²) in [6.07, 6.45) is 9.15. The van der Waals surface area contributed by atoms with Crippen molar-refractivity contribution >= 4 is 5.84 Å². The number of nitrogens with zero attached hydrogens (tertiary/aromatic N) is 1. The maximum atomic E-state index is 4.40. The average molecular weight is 166 g/mol. The molecule has 0 bridgehead atoms. The highest BCUT2D eigenvalue weighted by Crippen LogP contribution is 2.03. The Morgan fingerprint density at radius 3 is 3.00 bits per heavy atom. The maximum absolute atomic E-state index is 4.40. The lowest BCUT2D eigenvalue weighted by Gasteiger charge is -2.12. The van der Waals surface area contributed by atoms with Gasteiger partial charge < -0.3 is 5.32 Å². The minimum atomic E-state index is 0.937. The van der Waals surface area contributed by atoms with Crippen molar-refractivity contribution in [3.05, 3.63) is 12.2 Å². The number of amidine groups is 1. The van der Waals surface area contributed by atoms with Crippen LogP contribution in [0.4, 0.5) is 0 Å². The summed E-state index contributed by atoms with van der Waals surface area (Å²) in [5.41, 5.74) is 0. The van der Waals surface area contributed by atoms with E-state index < -0.39 is 0 Å². The Bertz CT molecular complexity index is 171. The molecule has 0 amide bonds. The highest BCUT2D eigenvalue weighted by Gasteiger charge is 2.01. The van der Waals surface area contributed by atoms with Gasteiger partial charge in [0.15, 0.2) is 0 Å². The molecule has 0 saturated carbocycles. The van der Waals surface area contributed by atoms with Gasteiger partial charge >= 0.3 is 0 Å². The first-order chi connectivity index (χ1) is 5.93. The summed E-state index contributed by atoms with van der Waals surface area (Å²) < 4.78 is 0. The second kappa shape index (κ2) is 5.81. The van der Waals surface area contributed by atoms with Crippen molar-refractivity contribution < 1.29 is 0 Å². The third-order valence-corrected chi connectivity index (χ3v) is 1.95. The van der Waals surface area contributed by atoms with Gasteiger partial charge in [-0.1, -0.05) is 19.1 Å². The molecule has 0 aliphatic carbocycles. The monoisotopic (exact) mass is 166 g/mol. The Hall–Kier alpha value is -0.790. The van der Waals surface area contributed by atoms with E-state index in [1.165, 1.54) is 18.7 Å². The number of hydrogen-bond acceptors (Lipinski definition) is 2. The zero-order chi connectivity index (χ0) is 8.65. The number of nitrogens with one attached hydrogen (secondary N) is 1. The van der Waals surface area contributed by atoms with E-state index in [0.29, 0.717) is 0 Å². The van der Waals surface area contributed by atoms with Crippen LogP contribution >= 0.6 is 0 Å². The van der Waals surface area contributed by atoms with Gasteiger partial charge in [0, 0.05) is 19.5 Å². The van der Waals surface area contributed by atoms with Crippen molar-refractivity contribution in [2.45, 2.75) is 32.6 Å². The molecule has 2 heteroatoms. The number of hydrogen-bond donors (Lipinski definition) is 1. The Kier molecular flexibility index (Phi) is 4.50. The number of rotatable bonds is 3. The van der Waals surface area contributed by atoms with E-state index in [1.807, 2.05) is 0 Å². The van der Waals surface area contributed by atoms with Gasteiger partial charge in [-0.05, 0) is 19.3 Å². The van der Waals surface area contributed by atoms with E-state index in [1.54, 1.807) is 0 Å². The molecule has 0 fully saturated rings. The van der Waals surface area contributed by atoms with Crippen molar-refractivity contribution in [2.75, 3.05) is 13.1 Å². The molecule has 0 aromatic rings. The normalized spacial score (nSPS) is 17.9. The quantitative estimate of drug-likeness (QED) is 0.638. The second-order valence-corrected chi connectivity index (χ2v) is 3.05. The van der Waals surface area contributed by atoms with Gasteiger partial charge in [-0.3, -0.25) is 4.99 Å². The molecule has 1 aliphatic rings. The predicted octanol–water partition coefficient (Wildman–Crippen LogP) is 2.12. The van der Waals surface area contributed by atoms with Crippen molar-refractivity contribution in [3.8, 4) is 0 Å². The lowest BCUT2D eigenvalue weighted by Crippen LogP contribution is -2.25. The van der Waals surface area contributed by atoms with Crippen molar-refractivity contribution in [1.82, 2.24) is 5.32 Å². The van der Waals surface area contributed by atoms with Crippen LogP contribution in [-0.2, 0) is 0 Å². The van der Waals surface area contributed by atoms with Crippen LogP contribution in [0.5, 0.6) is 0 Å². The summed E-state index contributed by atoms with van der Waals surface area (Å²) in [5, 5.41) is 3.32. The molecule has 1 rings (SSSR count). The second-order valence-electron chi connectivity index (χ2n) is 3.05. The van der Waals surface area contributed by atoms with Crippen LogP contribution in [0.15, 0.2) is 17.1 Å². The van der Waals surface area contributed by atoms with Crippen LogP contribution in [0.25, 0.3) is 0 Å². The fourth-order valence-corrected chi connectivity index (χ4v) is 1.27. The zero-order valence-corrected chi connectivity index (χ0v) is 7.84. The molecule has 2 nitrogen and oxygen atoms in total. The van der Waals surface area contributed by atoms with E-state index in [-0.39, 0.29) is 0 Å². The van der Waals surface area contributed by atoms with Crippen molar-refractivity contribution in [3.63, 3.8) is 0 Å². The first-order valence-corrected chi connectivity index (χ1v) is 4.85. The van der Waals surface area contributed by atoms with E-state index in [0.717, 1.165) is 25.9 Å². The minimum absolute atomic E-state index is 0.937. The molecule has 1 N–H and O–H groups in total. The Morgan fingerprint density at radius 2 is 2.33 bits per heavy atom. The van der Waals surface area contributed by atoms with E-state index >= 15 is 0 Å². The SMILES string of the molecule is CC/C=C/CNC1=NCCCC1. The van der Waals surface area contributed by atoms with Crippen LogP contribution in [-0.4, -0.2) is 18.9 Å². The smallest absolute Gasteiger partial charge is 0.0965 e. The van der Waals surface area contributed by atoms with Crippen LogP contribution in [0.2, 0.25) is 0 Å². The Labute approximate surface area is 74.8 Å². The molecule has 0 spiro atoms.